The molecule has 1 N–H and O–H groups in total. The van der Waals surface area contributed by atoms with E-state index in [4.69, 9.17) is 0 Å². The van der Waals surface area contributed by atoms with Crippen molar-refractivity contribution in [2.45, 2.75) is 19.9 Å². The topological polar surface area (TPSA) is 59.8 Å². The second-order valence-corrected chi connectivity index (χ2v) is 4.94. The number of aryl methyl sites for hydroxylation is 2. The summed E-state index contributed by atoms with van der Waals surface area (Å²) in [6.45, 7) is 3.87. The van der Waals surface area contributed by atoms with Gasteiger partial charge in [-0.05, 0) is 13.8 Å². The summed E-state index contributed by atoms with van der Waals surface area (Å²) in [6, 6.07) is -0.0950. The largest absolute Gasteiger partial charge is 0.343 e. The Hall–Kier alpha value is -1.69. The summed E-state index contributed by atoms with van der Waals surface area (Å²) in [7, 11) is 1.79. The molecule has 5 nitrogen and oxygen atoms in total. The Morgan fingerprint density at radius 1 is 1.59 bits per heavy atom. The second-order valence-electron chi connectivity index (χ2n) is 3.88. The van der Waals surface area contributed by atoms with E-state index in [0.29, 0.717) is 5.69 Å². The van der Waals surface area contributed by atoms with Crippen molar-refractivity contribution in [3.05, 3.63) is 34.3 Å². The highest BCUT2D eigenvalue weighted by atomic mass is 32.1. The quantitative estimate of drug-likeness (QED) is 0.901. The zero-order valence-corrected chi connectivity index (χ0v) is 10.8. The molecule has 0 saturated carbocycles. The zero-order chi connectivity index (χ0) is 12.4. The van der Waals surface area contributed by atoms with Crippen LogP contribution in [0.3, 0.4) is 0 Å². The number of hydrogen-bond acceptors (Lipinski definition) is 4. The van der Waals surface area contributed by atoms with Crippen LogP contribution in [0.25, 0.3) is 0 Å². The summed E-state index contributed by atoms with van der Waals surface area (Å²) >= 11 is 1.58. The number of carbonyl (C=O) groups is 1. The first-order valence-electron chi connectivity index (χ1n) is 5.27. The number of hydrogen-bond donors (Lipinski definition) is 1. The highest BCUT2D eigenvalue weighted by molar-refractivity contribution is 7.09. The summed E-state index contributed by atoms with van der Waals surface area (Å²) in [5.41, 5.74) is 1.44. The molecule has 17 heavy (non-hydrogen) atoms. The maximum absolute atomic E-state index is 11.9. The maximum atomic E-state index is 11.9. The third kappa shape index (κ3) is 2.52. The van der Waals surface area contributed by atoms with Crippen LogP contribution in [0, 0.1) is 6.92 Å². The molecular weight excluding hydrogens is 236 g/mol. The van der Waals surface area contributed by atoms with Gasteiger partial charge in [-0.3, -0.25) is 4.79 Å². The van der Waals surface area contributed by atoms with Gasteiger partial charge in [0.15, 0.2) is 0 Å². The number of nitrogens with one attached hydrogen (secondary N) is 1. The Morgan fingerprint density at radius 3 is 2.88 bits per heavy atom. The van der Waals surface area contributed by atoms with Crippen molar-refractivity contribution in [2.75, 3.05) is 0 Å². The van der Waals surface area contributed by atoms with Crippen LogP contribution in [0.15, 0.2) is 17.9 Å². The third-order valence-corrected chi connectivity index (χ3v) is 3.27. The van der Waals surface area contributed by atoms with Crippen LogP contribution in [0.5, 0.6) is 0 Å². The van der Waals surface area contributed by atoms with Gasteiger partial charge in [0.2, 0.25) is 0 Å². The number of thiazole rings is 1. The van der Waals surface area contributed by atoms with E-state index in [0.717, 1.165) is 10.7 Å². The van der Waals surface area contributed by atoms with E-state index in [1.165, 1.54) is 0 Å². The van der Waals surface area contributed by atoms with Gasteiger partial charge < -0.3 is 9.88 Å². The first-order chi connectivity index (χ1) is 8.08. The molecular formula is C11H14N4OS. The molecule has 1 amide bonds. The summed E-state index contributed by atoms with van der Waals surface area (Å²) < 4.78 is 1.69. The van der Waals surface area contributed by atoms with Crippen LogP contribution in [0.1, 0.15) is 34.2 Å². The molecule has 0 unspecified atom stereocenters. The maximum Gasteiger partial charge on any atom is 0.270 e. The van der Waals surface area contributed by atoms with Crippen molar-refractivity contribution in [3.8, 4) is 0 Å². The van der Waals surface area contributed by atoms with Gasteiger partial charge in [0, 0.05) is 12.4 Å². The standard InChI is InChI=1S/C11H14N4OS/c1-7(9-5-17-8(2)14-9)13-11(16)10-4-12-6-15(10)3/h4-7H,1-3H3,(H,13,16)/t7-/m1/s1. The molecule has 0 aliphatic rings. The molecule has 2 heterocycles. The smallest absolute Gasteiger partial charge is 0.270 e. The average molecular weight is 250 g/mol. The molecule has 0 aromatic carbocycles. The monoisotopic (exact) mass is 250 g/mol. The number of imidazole rings is 1. The van der Waals surface area contributed by atoms with Crippen molar-refractivity contribution in [2.24, 2.45) is 7.05 Å². The van der Waals surface area contributed by atoms with Crippen LogP contribution in [0.4, 0.5) is 0 Å². The number of rotatable bonds is 3. The molecule has 2 aromatic rings. The fraction of sp³-hybridized carbons (Fsp3) is 0.364. The SMILES string of the molecule is Cc1nc([C@@H](C)NC(=O)c2cncn2C)cs1. The van der Waals surface area contributed by atoms with E-state index in [1.54, 1.807) is 35.5 Å². The molecule has 0 radical (unpaired) electrons. The summed E-state index contributed by atoms with van der Waals surface area (Å²) in [5.74, 6) is -0.136. The van der Waals surface area contributed by atoms with Crippen LogP contribution >= 0.6 is 11.3 Å². The summed E-state index contributed by atoms with van der Waals surface area (Å²) in [6.07, 6.45) is 3.15. The van der Waals surface area contributed by atoms with E-state index in [9.17, 15) is 4.79 Å². The van der Waals surface area contributed by atoms with Gasteiger partial charge in [-0.25, -0.2) is 9.97 Å². The van der Waals surface area contributed by atoms with E-state index < -0.39 is 0 Å². The molecule has 0 aliphatic carbocycles. The first kappa shape index (κ1) is 11.8. The van der Waals surface area contributed by atoms with Crippen LogP contribution < -0.4 is 5.32 Å². The third-order valence-electron chi connectivity index (χ3n) is 2.48. The Kier molecular flexibility index (Phi) is 3.23. The lowest BCUT2D eigenvalue weighted by atomic mass is 10.2. The minimum atomic E-state index is -0.136. The molecule has 2 aromatic heterocycles. The lowest BCUT2D eigenvalue weighted by molar-refractivity contribution is 0.0931. The van der Waals surface area contributed by atoms with Crippen molar-refractivity contribution >= 4 is 17.2 Å². The predicted molar refractivity (Wildman–Crippen MR) is 65.9 cm³/mol. The van der Waals surface area contributed by atoms with Gasteiger partial charge in [-0.15, -0.1) is 11.3 Å². The first-order valence-corrected chi connectivity index (χ1v) is 6.15. The molecule has 1 atom stereocenters. The molecule has 0 aliphatic heterocycles. The molecule has 0 spiro atoms. The number of nitrogens with zero attached hydrogens (tertiary/aromatic N) is 3. The van der Waals surface area contributed by atoms with Crippen molar-refractivity contribution in [3.63, 3.8) is 0 Å². The second kappa shape index (κ2) is 4.67. The molecule has 0 fully saturated rings. The molecule has 90 valence electrons. The van der Waals surface area contributed by atoms with E-state index >= 15 is 0 Å². The molecule has 0 bridgehead atoms. The number of aromatic nitrogens is 3. The van der Waals surface area contributed by atoms with Gasteiger partial charge in [0.05, 0.1) is 29.3 Å². The minimum Gasteiger partial charge on any atom is -0.343 e. The zero-order valence-electron chi connectivity index (χ0n) is 9.97. The average Bonchev–Trinajstić information content (AvgIpc) is 2.86. The van der Waals surface area contributed by atoms with Gasteiger partial charge in [-0.2, -0.15) is 0 Å². The van der Waals surface area contributed by atoms with E-state index in [1.807, 2.05) is 19.2 Å². The Morgan fingerprint density at radius 2 is 2.35 bits per heavy atom. The highest BCUT2D eigenvalue weighted by Crippen LogP contribution is 2.16. The summed E-state index contributed by atoms with van der Waals surface area (Å²) in [5, 5.41) is 5.86. The van der Waals surface area contributed by atoms with Crippen molar-refractivity contribution < 1.29 is 4.79 Å². The van der Waals surface area contributed by atoms with Gasteiger partial charge in [0.1, 0.15) is 5.69 Å². The van der Waals surface area contributed by atoms with Crippen molar-refractivity contribution in [1.29, 1.82) is 0 Å². The fourth-order valence-corrected chi connectivity index (χ4v) is 2.21. The van der Waals surface area contributed by atoms with Crippen LogP contribution in [-0.2, 0) is 7.05 Å². The molecule has 2 rings (SSSR count). The van der Waals surface area contributed by atoms with Crippen LogP contribution in [0.2, 0.25) is 0 Å². The fourth-order valence-electron chi connectivity index (χ4n) is 1.50. The summed E-state index contributed by atoms with van der Waals surface area (Å²) in [4.78, 5) is 20.2. The van der Waals surface area contributed by atoms with Crippen molar-refractivity contribution in [1.82, 2.24) is 19.9 Å². The normalized spacial score (nSPS) is 12.4. The van der Waals surface area contributed by atoms with E-state index in [2.05, 4.69) is 15.3 Å². The molecule has 6 heteroatoms. The Balaban J connectivity index is 2.07. The highest BCUT2D eigenvalue weighted by Gasteiger charge is 2.15. The van der Waals surface area contributed by atoms with Crippen LogP contribution in [-0.4, -0.2) is 20.4 Å². The number of carbonyl (C=O) groups excluding carboxylic acids is 1. The predicted octanol–water partition coefficient (Wildman–Crippen LogP) is 1.68. The van der Waals surface area contributed by atoms with E-state index in [-0.39, 0.29) is 11.9 Å². The van der Waals surface area contributed by atoms with Gasteiger partial charge >= 0.3 is 0 Å². The molecule has 0 saturated heterocycles. The number of amides is 1. The Bertz CT molecular complexity index is 531. The minimum absolute atomic E-state index is 0.0950. The lowest BCUT2D eigenvalue weighted by Gasteiger charge is -2.11. The van der Waals surface area contributed by atoms with Gasteiger partial charge in [-0.1, -0.05) is 0 Å². The lowest BCUT2D eigenvalue weighted by Crippen LogP contribution is -2.28. The Labute approximate surface area is 104 Å². The van der Waals surface area contributed by atoms with Gasteiger partial charge in [0.25, 0.3) is 5.91 Å².